The summed E-state index contributed by atoms with van der Waals surface area (Å²) in [7, 11) is 0. The molecule has 0 saturated carbocycles. The highest BCUT2D eigenvalue weighted by Gasteiger charge is 2.14. The van der Waals surface area contributed by atoms with Gasteiger partial charge in [-0.15, -0.1) is 0 Å². The third-order valence-corrected chi connectivity index (χ3v) is 5.42. The predicted octanol–water partition coefficient (Wildman–Crippen LogP) is 4.14. The molecule has 0 aliphatic carbocycles. The van der Waals surface area contributed by atoms with Crippen LogP contribution in [-0.2, 0) is 24.2 Å². The summed E-state index contributed by atoms with van der Waals surface area (Å²) in [5, 5.41) is 22.6. The summed E-state index contributed by atoms with van der Waals surface area (Å²) in [5.41, 5.74) is 2.74. The first-order chi connectivity index (χ1) is 14.5. The number of nitrogens with zero attached hydrogens (tertiary/aromatic N) is 3. The summed E-state index contributed by atoms with van der Waals surface area (Å²) in [6.45, 7) is 2.49. The zero-order chi connectivity index (χ0) is 21.5. The molecular weight excluding hydrogens is 402 g/mol. The molecular formula is C22H23N3O4S. The molecule has 7 nitrogen and oxygen atoms in total. The van der Waals surface area contributed by atoms with Gasteiger partial charge in [0.1, 0.15) is 5.82 Å². The summed E-state index contributed by atoms with van der Waals surface area (Å²) < 4.78 is 1.95. The van der Waals surface area contributed by atoms with E-state index >= 15 is 0 Å². The number of pyridine rings is 1. The topological polar surface area (TPSA) is 105 Å². The first kappa shape index (κ1) is 21.4. The van der Waals surface area contributed by atoms with Gasteiger partial charge in [-0.3, -0.25) is 4.98 Å². The van der Waals surface area contributed by atoms with E-state index in [1.54, 1.807) is 18.3 Å². The van der Waals surface area contributed by atoms with Gasteiger partial charge in [0.15, 0.2) is 0 Å². The van der Waals surface area contributed by atoms with Crippen LogP contribution < -0.4 is 0 Å². The van der Waals surface area contributed by atoms with Gasteiger partial charge in [0, 0.05) is 24.6 Å². The number of thiophene rings is 1. The number of imidazole rings is 1. The van der Waals surface area contributed by atoms with Crippen LogP contribution in [0.25, 0.3) is 6.08 Å². The van der Waals surface area contributed by atoms with Crippen molar-refractivity contribution in [3.8, 4) is 0 Å². The van der Waals surface area contributed by atoms with Crippen LogP contribution in [0.1, 0.15) is 52.9 Å². The number of carboxylic acids is 2. The van der Waals surface area contributed by atoms with Crippen LogP contribution >= 0.6 is 11.3 Å². The van der Waals surface area contributed by atoms with Crippen molar-refractivity contribution in [2.45, 2.75) is 39.2 Å². The minimum absolute atomic E-state index is 0.125. The monoisotopic (exact) mass is 425 g/mol. The van der Waals surface area contributed by atoms with Gasteiger partial charge in [-0.05, 0) is 47.0 Å². The van der Waals surface area contributed by atoms with Crippen molar-refractivity contribution >= 4 is 29.4 Å². The summed E-state index contributed by atoms with van der Waals surface area (Å²) in [6.07, 6.45) is 7.76. The van der Waals surface area contributed by atoms with Gasteiger partial charge in [-0.2, -0.15) is 11.3 Å². The van der Waals surface area contributed by atoms with Gasteiger partial charge in [-0.25, -0.2) is 14.6 Å². The van der Waals surface area contributed by atoms with E-state index in [0.717, 1.165) is 30.7 Å². The van der Waals surface area contributed by atoms with Gasteiger partial charge in [0.2, 0.25) is 0 Å². The van der Waals surface area contributed by atoms with Gasteiger partial charge in [0.25, 0.3) is 0 Å². The number of unbranched alkanes of at least 4 members (excludes halogenated alkanes) is 1. The summed E-state index contributed by atoms with van der Waals surface area (Å²) in [5.74, 6) is -1.14. The number of hydrogen-bond donors (Lipinski definition) is 2. The Hall–Kier alpha value is -3.26. The number of aromatic nitrogens is 3. The second-order valence-electron chi connectivity index (χ2n) is 6.92. The molecule has 0 saturated heterocycles. The van der Waals surface area contributed by atoms with Crippen molar-refractivity contribution in [1.82, 2.24) is 14.5 Å². The number of hydrogen-bond acceptors (Lipinski definition) is 5. The number of aliphatic carboxylic acids is 1. The van der Waals surface area contributed by atoms with E-state index < -0.39 is 11.9 Å². The number of aromatic carboxylic acids is 1. The SMILES string of the molecule is CCCCc1ncc(C=C(Cc2ccsc2)C(=O)O)n1Cc1ccc(C(=O)O)cn1. The first-order valence-electron chi connectivity index (χ1n) is 9.65. The molecule has 30 heavy (non-hydrogen) atoms. The van der Waals surface area contributed by atoms with E-state index in [1.807, 2.05) is 21.4 Å². The molecule has 0 bridgehead atoms. The van der Waals surface area contributed by atoms with E-state index in [0.29, 0.717) is 24.4 Å². The standard InChI is InChI=1S/C22H23N3O4S/c1-2-3-4-20-24-12-19(10-17(22(28)29)9-15-7-8-30-14-15)25(20)13-18-6-5-16(11-23-18)21(26)27/h5-8,10-12,14H,2-4,9,13H2,1H3,(H,26,27)(H,28,29). The molecule has 156 valence electrons. The Kier molecular flexibility index (Phi) is 7.13. The van der Waals surface area contributed by atoms with Crippen molar-refractivity contribution in [2.75, 3.05) is 0 Å². The molecule has 3 aromatic heterocycles. The van der Waals surface area contributed by atoms with Crippen LogP contribution in [0.3, 0.4) is 0 Å². The van der Waals surface area contributed by atoms with E-state index in [2.05, 4.69) is 16.9 Å². The molecule has 2 N–H and O–H groups in total. The summed E-state index contributed by atoms with van der Waals surface area (Å²) in [6, 6.07) is 5.10. The minimum Gasteiger partial charge on any atom is -0.478 e. The van der Waals surface area contributed by atoms with E-state index in [4.69, 9.17) is 5.11 Å². The van der Waals surface area contributed by atoms with Gasteiger partial charge < -0.3 is 14.8 Å². The Balaban J connectivity index is 1.94. The second-order valence-corrected chi connectivity index (χ2v) is 7.70. The molecule has 0 atom stereocenters. The fourth-order valence-electron chi connectivity index (χ4n) is 3.05. The van der Waals surface area contributed by atoms with Crippen LogP contribution in [0.5, 0.6) is 0 Å². The summed E-state index contributed by atoms with van der Waals surface area (Å²) in [4.78, 5) is 31.6. The van der Waals surface area contributed by atoms with Crippen molar-refractivity contribution in [3.05, 3.63) is 75.3 Å². The fourth-order valence-corrected chi connectivity index (χ4v) is 3.72. The molecule has 0 spiro atoms. The zero-order valence-electron chi connectivity index (χ0n) is 16.6. The lowest BCUT2D eigenvalue weighted by Crippen LogP contribution is -2.10. The highest BCUT2D eigenvalue weighted by Crippen LogP contribution is 2.18. The van der Waals surface area contributed by atoms with Crippen LogP contribution in [-0.4, -0.2) is 36.7 Å². The molecule has 0 aromatic carbocycles. The van der Waals surface area contributed by atoms with Gasteiger partial charge in [-0.1, -0.05) is 13.3 Å². The largest absolute Gasteiger partial charge is 0.478 e. The maximum Gasteiger partial charge on any atom is 0.337 e. The lowest BCUT2D eigenvalue weighted by molar-refractivity contribution is -0.132. The predicted molar refractivity (Wildman–Crippen MR) is 115 cm³/mol. The highest BCUT2D eigenvalue weighted by molar-refractivity contribution is 7.07. The maximum absolute atomic E-state index is 11.8. The fraction of sp³-hybridized carbons (Fsp3) is 0.273. The molecule has 8 heteroatoms. The average molecular weight is 426 g/mol. The minimum atomic E-state index is -1.02. The van der Waals surface area contributed by atoms with Crippen molar-refractivity contribution < 1.29 is 19.8 Å². The molecule has 0 aliphatic heterocycles. The Labute approximate surface area is 178 Å². The second kappa shape index (κ2) is 9.98. The van der Waals surface area contributed by atoms with Gasteiger partial charge >= 0.3 is 11.9 Å². The van der Waals surface area contributed by atoms with Gasteiger partial charge in [0.05, 0.1) is 29.7 Å². The zero-order valence-corrected chi connectivity index (χ0v) is 17.4. The number of carbonyl (C=O) groups is 2. The molecule has 3 aromatic rings. The van der Waals surface area contributed by atoms with Crippen molar-refractivity contribution in [1.29, 1.82) is 0 Å². The van der Waals surface area contributed by atoms with Crippen LogP contribution in [0.15, 0.2) is 46.9 Å². The molecule has 3 heterocycles. The molecule has 3 rings (SSSR count). The normalized spacial score (nSPS) is 11.6. The molecule has 0 amide bonds. The third kappa shape index (κ3) is 5.42. The van der Waals surface area contributed by atoms with Crippen LogP contribution in [0.2, 0.25) is 0 Å². The number of rotatable bonds is 10. The molecule has 0 fully saturated rings. The van der Waals surface area contributed by atoms with Crippen molar-refractivity contribution in [3.63, 3.8) is 0 Å². The lowest BCUT2D eigenvalue weighted by atomic mass is 10.1. The average Bonchev–Trinajstić information content (AvgIpc) is 3.37. The van der Waals surface area contributed by atoms with E-state index in [-0.39, 0.29) is 11.1 Å². The van der Waals surface area contributed by atoms with E-state index in [9.17, 15) is 14.7 Å². The summed E-state index contributed by atoms with van der Waals surface area (Å²) >= 11 is 1.53. The smallest absolute Gasteiger partial charge is 0.337 e. The Morgan fingerprint density at radius 2 is 2.00 bits per heavy atom. The van der Waals surface area contributed by atoms with Crippen LogP contribution in [0, 0.1) is 0 Å². The van der Waals surface area contributed by atoms with Crippen molar-refractivity contribution in [2.24, 2.45) is 0 Å². The first-order valence-corrected chi connectivity index (χ1v) is 10.6. The Bertz CT molecular complexity index is 1040. The Morgan fingerprint density at radius 3 is 2.60 bits per heavy atom. The molecule has 0 unspecified atom stereocenters. The molecule has 0 aliphatic rings. The number of carboxylic acid groups (broad SMARTS) is 2. The molecule has 0 radical (unpaired) electrons. The number of aryl methyl sites for hydroxylation is 1. The highest BCUT2D eigenvalue weighted by atomic mass is 32.1. The lowest BCUT2D eigenvalue weighted by Gasteiger charge is -2.11. The maximum atomic E-state index is 11.8. The third-order valence-electron chi connectivity index (χ3n) is 4.69. The van der Waals surface area contributed by atoms with Crippen LogP contribution in [0.4, 0.5) is 0 Å². The quantitative estimate of drug-likeness (QED) is 0.473. The van der Waals surface area contributed by atoms with E-state index in [1.165, 1.54) is 23.6 Å². The Morgan fingerprint density at radius 1 is 1.17 bits per heavy atom.